The molecule has 6 atom stereocenters. The van der Waals surface area contributed by atoms with Crippen molar-refractivity contribution in [3.8, 4) is 0 Å². The smallest absolute Gasteiger partial charge is 0.186 e. The van der Waals surface area contributed by atoms with Crippen LogP contribution in [-0.4, -0.2) is 76.1 Å². The Morgan fingerprint density at radius 2 is 1.78 bits per heavy atom. The van der Waals surface area contributed by atoms with E-state index in [-0.39, 0.29) is 5.92 Å². The van der Waals surface area contributed by atoms with Crippen molar-refractivity contribution in [3.05, 3.63) is 0 Å². The molecule has 5 N–H and O–H groups in total. The fourth-order valence-corrected chi connectivity index (χ4v) is 1.67. The van der Waals surface area contributed by atoms with Crippen molar-refractivity contribution in [1.82, 2.24) is 0 Å². The number of rotatable bonds is 5. The highest BCUT2D eigenvalue weighted by atomic mass is 16.7. The fourth-order valence-electron chi connectivity index (χ4n) is 1.67. The highest BCUT2D eigenvalue weighted by Crippen LogP contribution is 2.17. The molecule has 0 aromatic heterocycles. The van der Waals surface area contributed by atoms with E-state index in [9.17, 15) is 20.4 Å². The van der Waals surface area contributed by atoms with Crippen LogP contribution in [0.1, 0.15) is 13.3 Å². The zero-order valence-electron chi connectivity index (χ0n) is 10.3. The van der Waals surface area contributed by atoms with Crippen LogP contribution in [0.3, 0.4) is 0 Å². The van der Waals surface area contributed by atoms with Crippen LogP contribution in [0.4, 0.5) is 0 Å². The van der Waals surface area contributed by atoms with Gasteiger partial charge in [0, 0.05) is 0 Å². The monoisotopic (exact) mass is 266 g/mol. The van der Waals surface area contributed by atoms with E-state index in [0.29, 0.717) is 13.2 Å². The summed E-state index contributed by atoms with van der Waals surface area (Å²) in [5.74, 6) is 0.285. The van der Waals surface area contributed by atoms with E-state index in [0.717, 1.165) is 6.42 Å². The summed E-state index contributed by atoms with van der Waals surface area (Å²) in [6.45, 7) is 2.02. The van der Waals surface area contributed by atoms with Crippen molar-refractivity contribution in [2.45, 2.75) is 44.1 Å². The van der Waals surface area contributed by atoms with Gasteiger partial charge in [-0.15, -0.1) is 0 Å². The minimum Gasteiger partial charge on any atom is -0.394 e. The number of ether oxygens (including phenoxy) is 2. The van der Waals surface area contributed by atoms with Crippen molar-refractivity contribution < 1.29 is 35.0 Å². The van der Waals surface area contributed by atoms with E-state index in [2.05, 4.69) is 0 Å². The van der Waals surface area contributed by atoms with Gasteiger partial charge in [0.15, 0.2) is 6.29 Å². The van der Waals surface area contributed by atoms with Crippen molar-refractivity contribution in [2.75, 3.05) is 19.8 Å². The van der Waals surface area contributed by atoms with Crippen LogP contribution in [0.15, 0.2) is 0 Å². The maximum absolute atomic E-state index is 9.82. The summed E-state index contributed by atoms with van der Waals surface area (Å²) in [5, 5.41) is 46.8. The molecule has 2 unspecified atom stereocenters. The first kappa shape index (κ1) is 15.8. The molecule has 0 radical (unpaired) electrons. The van der Waals surface area contributed by atoms with Crippen molar-refractivity contribution in [3.63, 3.8) is 0 Å². The molecule has 0 saturated carbocycles. The topological polar surface area (TPSA) is 120 Å². The molecule has 1 saturated heterocycles. The summed E-state index contributed by atoms with van der Waals surface area (Å²) in [4.78, 5) is 0. The first-order chi connectivity index (χ1) is 8.47. The average Bonchev–Trinajstić information content (AvgIpc) is 2.60. The molecule has 0 spiro atoms. The van der Waals surface area contributed by atoms with Gasteiger partial charge in [-0.25, -0.2) is 0 Å². The van der Waals surface area contributed by atoms with E-state index in [4.69, 9.17) is 14.6 Å². The lowest BCUT2D eigenvalue weighted by molar-refractivity contribution is -0.225. The standard InChI is InChI=1S/C11H22O7/c1-6-2-3-17-11(18-5-6)10(16)9(15)8(14)7(13)4-12/h6-16H,2-5H2,1H3/t6?,7-,8-,9+,10-,11?/m1/s1. The van der Waals surface area contributed by atoms with Gasteiger partial charge >= 0.3 is 0 Å². The van der Waals surface area contributed by atoms with Gasteiger partial charge in [-0.1, -0.05) is 6.92 Å². The van der Waals surface area contributed by atoms with Crippen LogP contribution in [-0.2, 0) is 9.47 Å². The van der Waals surface area contributed by atoms with Crippen LogP contribution >= 0.6 is 0 Å². The lowest BCUT2D eigenvalue weighted by atomic mass is 10.0. The lowest BCUT2D eigenvalue weighted by Gasteiger charge is -2.29. The number of hydrogen-bond acceptors (Lipinski definition) is 7. The van der Waals surface area contributed by atoms with E-state index in [1.807, 2.05) is 6.92 Å². The lowest BCUT2D eigenvalue weighted by Crippen LogP contribution is -2.51. The molecule has 1 heterocycles. The molecule has 0 amide bonds. The van der Waals surface area contributed by atoms with E-state index >= 15 is 0 Å². The Labute approximate surface area is 106 Å². The van der Waals surface area contributed by atoms with E-state index in [1.54, 1.807) is 0 Å². The van der Waals surface area contributed by atoms with Crippen LogP contribution in [0.5, 0.6) is 0 Å². The second-order valence-electron chi connectivity index (χ2n) is 4.69. The molecular formula is C11H22O7. The van der Waals surface area contributed by atoms with Gasteiger partial charge < -0.3 is 35.0 Å². The Hall–Kier alpha value is -0.280. The maximum atomic E-state index is 9.82. The van der Waals surface area contributed by atoms with E-state index < -0.39 is 37.3 Å². The number of aliphatic hydroxyl groups is 5. The van der Waals surface area contributed by atoms with Gasteiger partial charge in [-0.3, -0.25) is 0 Å². The van der Waals surface area contributed by atoms with Crippen LogP contribution < -0.4 is 0 Å². The molecule has 18 heavy (non-hydrogen) atoms. The molecule has 7 nitrogen and oxygen atoms in total. The fraction of sp³-hybridized carbons (Fsp3) is 1.00. The predicted octanol–water partition coefficient (Wildman–Crippen LogP) is -2.18. The summed E-state index contributed by atoms with van der Waals surface area (Å²) in [6.07, 6.45) is -6.62. The Kier molecular flexibility index (Phi) is 6.44. The second-order valence-corrected chi connectivity index (χ2v) is 4.69. The summed E-state index contributed by atoms with van der Waals surface area (Å²) < 4.78 is 10.5. The summed E-state index contributed by atoms with van der Waals surface area (Å²) in [5.41, 5.74) is 0. The van der Waals surface area contributed by atoms with Gasteiger partial charge in [0.2, 0.25) is 0 Å². The molecule has 0 bridgehead atoms. The molecule has 108 valence electrons. The minimum absolute atomic E-state index is 0.285. The molecule has 1 aliphatic heterocycles. The van der Waals surface area contributed by atoms with Gasteiger partial charge in [-0.2, -0.15) is 0 Å². The summed E-state index contributed by atoms with van der Waals surface area (Å²) in [6, 6.07) is 0. The van der Waals surface area contributed by atoms with Crippen molar-refractivity contribution >= 4 is 0 Å². The first-order valence-corrected chi connectivity index (χ1v) is 6.03. The molecule has 0 aromatic rings. The normalized spacial score (nSPS) is 32.3. The summed E-state index contributed by atoms with van der Waals surface area (Å²) >= 11 is 0. The molecule has 1 fully saturated rings. The first-order valence-electron chi connectivity index (χ1n) is 6.03. The summed E-state index contributed by atoms with van der Waals surface area (Å²) in [7, 11) is 0. The van der Waals surface area contributed by atoms with Gasteiger partial charge in [0.1, 0.15) is 24.4 Å². The molecule has 0 aliphatic carbocycles. The Balaban J connectivity index is 2.54. The Morgan fingerprint density at radius 1 is 1.11 bits per heavy atom. The Bertz CT molecular complexity index is 235. The number of aliphatic hydroxyl groups excluding tert-OH is 5. The highest BCUT2D eigenvalue weighted by molar-refractivity contribution is 4.83. The zero-order valence-corrected chi connectivity index (χ0v) is 10.3. The van der Waals surface area contributed by atoms with Gasteiger partial charge in [0.25, 0.3) is 0 Å². The zero-order chi connectivity index (χ0) is 13.7. The molecular weight excluding hydrogens is 244 g/mol. The minimum atomic E-state index is -1.67. The second kappa shape index (κ2) is 7.34. The average molecular weight is 266 g/mol. The third kappa shape index (κ3) is 4.13. The van der Waals surface area contributed by atoms with Gasteiger partial charge in [-0.05, 0) is 12.3 Å². The largest absolute Gasteiger partial charge is 0.394 e. The van der Waals surface area contributed by atoms with E-state index in [1.165, 1.54) is 0 Å². The number of hydrogen-bond donors (Lipinski definition) is 5. The molecule has 0 aromatic carbocycles. The van der Waals surface area contributed by atoms with Crippen LogP contribution in [0.25, 0.3) is 0 Å². The quantitative estimate of drug-likeness (QED) is 0.384. The molecule has 1 rings (SSSR count). The van der Waals surface area contributed by atoms with Crippen molar-refractivity contribution in [1.29, 1.82) is 0 Å². The molecule has 7 heteroatoms. The van der Waals surface area contributed by atoms with Crippen LogP contribution in [0, 0.1) is 5.92 Å². The van der Waals surface area contributed by atoms with Crippen molar-refractivity contribution in [2.24, 2.45) is 5.92 Å². The third-order valence-corrected chi connectivity index (χ3v) is 3.00. The third-order valence-electron chi connectivity index (χ3n) is 3.00. The maximum Gasteiger partial charge on any atom is 0.186 e. The van der Waals surface area contributed by atoms with Gasteiger partial charge in [0.05, 0.1) is 19.8 Å². The van der Waals surface area contributed by atoms with Crippen LogP contribution in [0.2, 0.25) is 0 Å². The predicted molar refractivity (Wildman–Crippen MR) is 60.6 cm³/mol. The highest BCUT2D eigenvalue weighted by Gasteiger charge is 2.36. The molecule has 1 aliphatic rings. The SMILES string of the molecule is CC1CCOC([C@H](O)[C@@H](O)[C@H](O)[C@H](O)CO)OC1. The Morgan fingerprint density at radius 3 is 2.39 bits per heavy atom.